The van der Waals surface area contributed by atoms with Crippen molar-refractivity contribution in [2.75, 3.05) is 16.4 Å². The van der Waals surface area contributed by atoms with Gasteiger partial charge in [0.2, 0.25) is 11.8 Å². The Labute approximate surface area is 197 Å². The van der Waals surface area contributed by atoms with Crippen molar-refractivity contribution in [1.82, 2.24) is 9.55 Å². The largest absolute Gasteiger partial charge is 0.325 e. The number of aryl methyl sites for hydroxylation is 3. The Bertz CT molecular complexity index is 1330. The molecule has 7 heteroatoms. The normalized spacial score (nSPS) is 10.9. The predicted molar refractivity (Wildman–Crippen MR) is 135 cm³/mol. The van der Waals surface area contributed by atoms with E-state index in [1.807, 2.05) is 92.1 Å². The van der Waals surface area contributed by atoms with Gasteiger partial charge in [-0.15, -0.1) is 0 Å². The number of carbonyl (C=O) groups is 2. The SMILES string of the molecule is Cc1ccc(NC(=O)CSc2nc3ccccc3n2CC(=O)Nc2ccccc2C)cc1C. The third kappa shape index (κ3) is 5.43. The molecule has 6 nitrogen and oxygen atoms in total. The van der Waals surface area contributed by atoms with E-state index in [0.717, 1.165) is 33.5 Å². The van der Waals surface area contributed by atoms with Crippen molar-refractivity contribution in [1.29, 1.82) is 0 Å². The smallest absolute Gasteiger partial charge is 0.244 e. The molecule has 0 bridgehead atoms. The second-order valence-electron chi connectivity index (χ2n) is 7.97. The number of nitrogens with one attached hydrogen (secondary N) is 2. The number of hydrogen-bond donors (Lipinski definition) is 2. The molecule has 0 aliphatic rings. The van der Waals surface area contributed by atoms with Gasteiger partial charge < -0.3 is 15.2 Å². The van der Waals surface area contributed by atoms with E-state index < -0.39 is 0 Å². The average Bonchev–Trinajstić information content (AvgIpc) is 3.14. The summed E-state index contributed by atoms with van der Waals surface area (Å²) < 4.78 is 1.86. The molecule has 2 amide bonds. The van der Waals surface area contributed by atoms with Crippen molar-refractivity contribution in [2.24, 2.45) is 0 Å². The minimum absolute atomic E-state index is 0.107. The summed E-state index contributed by atoms with van der Waals surface area (Å²) in [7, 11) is 0. The molecule has 4 rings (SSSR count). The summed E-state index contributed by atoms with van der Waals surface area (Å²) in [5, 5.41) is 6.54. The van der Waals surface area contributed by atoms with E-state index in [0.29, 0.717) is 5.16 Å². The minimum atomic E-state index is -0.145. The molecule has 2 N–H and O–H groups in total. The number of para-hydroxylation sites is 3. The van der Waals surface area contributed by atoms with E-state index in [2.05, 4.69) is 15.6 Å². The summed E-state index contributed by atoms with van der Waals surface area (Å²) in [6.45, 7) is 6.12. The van der Waals surface area contributed by atoms with E-state index >= 15 is 0 Å². The number of thioether (sulfide) groups is 1. The fraction of sp³-hybridized carbons (Fsp3) is 0.192. The highest BCUT2D eigenvalue weighted by Gasteiger charge is 2.16. The fourth-order valence-electron chi connectivity index (χ4n) is 3.51. The number of rotatable bonds is 7. The van der Waals surface area contributed by atoms with Gasteiger partial charge in [-0.1, -0.05) is 48.2 Å². The molecule has 0 radical (unpaired) electrons. The Balaban J connectivity index is 1.48. The summed E-state index contributed by atoms with van der Waals surface area (Å²) in [5.41, 5.74) is 6.51. The predicted octanol–water partition coefficient (Wildman–Crippen LogP) is 5.33. The van der Waals surface area contributed by atoms with Crippen molar-refractivity contribution >= 4 is 46.0 Å². The molecular formula is C26H26N4O2S. The molecule has 33 heavy (non-hydrogen) atoms. The highest BCUT2D eigenvalue weighted by Crippen LogP contribution is 2.25. The van der Waals surface area contributed by atoms with Crippen molar-refractivity contribution < 1.29 is 9.59 Å². The van der Waals surface area contributed by atoms with Gasteiger partial charge in [0, 0.05) is 11.4 Å². The van der Waals surface area contributed by atoms with E-state index in [4.69, 9.17) is 0 Å². The number of nitrogens with zero attached hydrogens (tertiary/aromatic N) is 2. The zero-order valence-corrected chi connectivity index (χ0v) is 19.7. The number of benzene rings is 3. The van der Waals surface area contributed by atoms with Crippen LogP contribution in [0.15, 0.2) is 71.9 Å². The van der Waals surface area contributed by atoms with E-state index in [1.165, 1.54) is 17.3 Å². The number of imidazole rings is 1. The zero-order chi connectivity index (χ0) is 23.4. The first-order valence-electron chi connectivity index (χ1n) is 10.7. The number of amides is 2. The third-order valence-electron chi connectivity index (χ3n) is 5.46. The molecule has 4 aromatic rings. The highest BCUT2D eigenvalue weighted by molar-refractivity contribution is 7.99. The van der Waals surface area contributed by atoms with E-state index in [-0.39, 0.29) is 24.1 Å². The molecule has 3 aromatic carbocycles. The second kappa shape index (κ2) is 9.92. The monoisotopic (exact) mass is 458 g/mol. The number of hydrogen-bond acceptors (Lipinski definition) is 4. The Kier molecular flexibility index (Phi) is 6.79. The summed E-state index contributed by atoms with van der Waals surface area (Å²) in [6, 6.07) is 21.2. The maximum atomic E-state index is 12.8. The Morgan fingerprint density at radius 1 is 0.848 bits per heavy atom. The van der Waals surface area contributed by atoms with Crippen molar-refractivity contribution in [3.05, 3.63) is 83.4 Å². The molecule has 0 saturated carbocycles. The molecule has 0 unspecified atom stereocenters. The maximum absolute atomic E-state index is 12.8. The first kappa shape index (κ1) is 22.6. The standard InChI is InChI=1S/C26H26N4O2S/c1-17-12-13-20(14-19(17)3)27-25(32)16-33-26-29-22-10-6-7-11-23(22)30(26)15-24(31)28-21-9-5-4-8-18(21)2/h4-14H,15-16H2,1-3H3,(H,27,32)(H,28,31). The summed E-state index contributed by atoms with van der Waals surface area (Å²) in [4.78, 5) is 30.0. The van der Waals surface area contributed by atoms with Gasteiger partial charge in [0.15, 0.2) is 5.16 Å². The number of fused-ring (bicyclic) bond motifs is 1. The first-order chi connectivity index (χ1) is 15.9. The lowest BCUT2D eigenvalue weighted by molar-refractivity contribution is -0.117. The van der Waals surface area contributed by atoms with Crippen LogP contribution >= 0.6 is 11.8 Å². The second-order valence-corrected chi connectivity index (χ2v) is 8.91. The minimum Gasteiger partial charge on any atom is -0.325 e. The number of aromatic nitrogens is 2. The number of anilines is 2. The lowest BCUT2D eigenvalue weighted by atomic mass is 10.1. The van der Waals surface area contributed by atoms with Crippen LogP contribution in [0.2, 0.25) is 0 Å². The summed E-state index contributed by atoms with van der Waals surface area (Å²) in [6.07, 6.45) is 0. The molecule has 0 atom stereocenters. The van der Waals surface area contributed by atoms with E-state index in [9.17, 15) is 9.59 Å². The Morgan fingerprint density at radius 2 is 1.61 bits per heavy atom. The molecule has 168 valence electrons. The summed E-state index contributed by atoms with van der Waals surface area (Å²) >= 11 is 1.32. The quantitative estimate of drug-likeness (QED) is 0.367. The highest BCUT2D eigenvalue weighted by atomic mass is 32.2. The molecule has 0 aliphatic carbocycles. The van der Waals surface area contributed by atoms with Gasteiger partial charge in [-0.3, -0.25) is 9.59 Å². The van der Waals surface area contributed by atoms with Gasteiger partial charge in [0.05, 0.1) is 16.8 Å². The van der Waals surface area contributed by atoms with Crippen LogP contribution in [-0.2, 0) is 16.1 Å². The number of carbonyl (C=O) groups excluding carboxylic acids is 2. The molecule has 0 aliphatic heterocycles. The van der Waals surface area contributed by atoms with Crippen LogP contribution in [0.5, 0.6) is 0 Å². The van der Waals surface area contributed by atoms with Crippen molar-refractivity contribution in [2.45, 2.75) is 32.5 Å². The third-order valence-corrected chi connectivity index (χ3v) is 6.44. The van der Waals surface area contributed by atoms with Crippen molar-refractivity contribution in [3.63, 3.8) is 0 Å². The molecular weight excluding hydrogens is 432 g/mol. The van der Waals surface area contributed by atoms with Crippen LogP contribution in [0.1, 0.15) is 16.7 Å². The van der Waals surface area contributed by atoms with Gasteiger partial charge in [0.25, 0.3) is 0 Å². The van der Waals surface area contributed by atoms with Crippen LogP contribution in [0.3, 0.4) is 0 Å². The topological polar surface area (TPSA) is 76.0 Å². The summed E-state index contributed by atoms with van der Waals surface area (Å²) in [5.74, 6) is -0.0737. The van der Waals surface area contributed by atoms with Gasteiger partial charge in [-0.05, 0) is 67.8 Å². The van der Waals surface area contributed by atoms with Gasteiger partial charge in [-0.2, -0.15) is 0 Å². The van der Waals surface area contributed by atoms with Gasteiger partial charge in [0.1, 0.15) is 6.54 Å². The van der Waals surface area contributed by atoms with Crippen LogP contribution in [0.25, 0.3) is 11.0 Å². The maximum Gasteiger partial charge on any atom is 0.244 e. The van der Waals surface area contributed by atoms with Crippen LogP contribution < -0.4 is 10.6 Å². The molecule has 0 saturated heterocycles. The molecule has 0 fully saturated rings. The lowest BCUT2D eigenvalue weighted by Crippen LogP contribution is -2.20. The average molecular weight is 459 g/mol. The Hall–Kier alpha value is -3.58. The zero-order valence-electron chi connectivity index (χ0n) is 18.9. The molecule has 1 heterocycles. The van der Waals surface area contributed by atoms with Crippen LogP contribution in [0.4, 0.5) is 11.4 Å². The van der Waals surface area contributed by atoms with Gasteiger partial charge in [-0.25, -0.2) is 4.98 Å². The van der Waals surface area contributed by atoms with Gasteiger partial charge >= 0.3 is 0 Å². The Morgan fingerprint density at radius 3 is 2.39 bits per heavy atom. The van der Waals surface area contributed by atoms with E-state index in [1.54, 1.807) is 0 Å². The van der Waals surface area contributed by atoms with Crippen LogP contribution in [-0.4, -0.2) is 27.1 Å². The first-order valence-corrected chi connectivity index (χ1v) is 11.7. The lowest BCUT2D eigenvalue weighted by Gasteiger charge is -2.11. The fourth-order valence-corrected chi connectivity index (χ4v) is 4.32. The molecule has 1 aromatic heterocycles. The van der Waals surface area contributed by atoms with Crippen LogP contribution in [0, 0.1) is 20.8 Å². The molecule has 0 spiro atoms. The van der Waals surface area contributed by atoms with Crippen molar-refractivity contribution in [3.8, 4) is 0 Å².